The fourth-order valence-corrected chi connectivity index (χ4v) is 1.64. The molecule has 0 saturated heterocycles. The first-order valence-corrected chi connectivity index (χ1v) is 5.08. The van der Waals surface area contributed by atoms with Crippen molar-refractivity contribution in [1.29, 1.82) is 0 Å². The minimum Gasteiger partial charge on any atom is -0.356 e. The molecule has 3 nitrogen and oxygen atoms in total. The van der Waals surface area contributed by atoms with Crippen LogP contribution in [0.4, 0.5) is 5.13 Å². The molecule has 0 radical (unpaired) electrons. The monoisotopic (exact) mass is 195 g/mol. The quantitative estimate of drug-likeness (QED) is 0.747. The van der Waals surface area contributed by atoms with E-state index in [1.165, 1.54) is 0 Å². The number of hydrogen-bond donors (Lipinski definition) is 1. The van der Waals surface area contributed by atoms with Crippen LogP contribution >= 0.6 is 11.3 Å². The van der Waals surface area contributed by atoms with E-state index in [4.69, 9.17) is 6.42 Å². The molecule has 1 N–H and O–H groups in total. The summed E-state index contributed by atoms with van der Waals surface area (Å²) < 4.78 is 0. The minimum atomic E-state index is 0.317. The van der Waals surface area contributed by atoms with Gasteiger partial charge in [-0.15, -0.1) is 22.5 Å². The van der Waals surface area contributed by atoms with E-state index in [1.54, 1.807) is 11.3 Å². The summed E-state index contributed by atoms with van der Waals surface area (Å²) in [6, 6.07) is 0.317. The molecule has 0 amide bonds. The van der Waals surface area contributed by atoms with Crippen LogP contribution in [0.3, 0.4) is 0 Å². The molecule has 1 heterocycles. The predicted octanol–water partition coefficient (Wildman–Crippen LogP) is 2.06. The zero-order chi connectivity index (χ0) is 9.68. The maximum atomic E-state index is 5.24. The van der Waals surface area contributed by atoms with Gasteiger partial charge in [0.2, 0.25) is 5.13 Å². The van der Waals surface area contributed by atoms with Crippen LogP contribution in [0.25, 0.3) is 0 Å². The van der Waals surface area contributed by atoms with Gasteiger partial charge in [-0.2, -0.15) is 0 Å². The molecule has 0 aliphatic carbocycles. The van der Waals surface area contributed by atoms with Crippen LogP contribution < -0.4 is 5.32 Å². The molecule has 0 spiro atoms. The first-order chi connectivity index (χ1) is 6.26. The molecule has 0 aliphatic rings. The standard InChI is InChI=1S/C9H13N3S/c1-4-6-8(5-2)10-9-12-11-7(3)13-9/h1,8H,5-6H2,2-3H3,(H,10,12). The normalized spacial score (nSPS) is 12.1. The van der Waals surface area contributed by atoms with Crippen molar-refractivity contribution in [2.75, 3.05) is 5.32 Å². The van der Waals surface area contributed by atoms with E-state index < -0.39 is 0 Å². The fourth-order valence-electron chi connectivity index (χ4n) is 0.969. The number of aromatic nitrogens is 2. The molecule has 0 bridgehead atoms. The van der Waals surface area contributed by atoms with E-state index >= 15 is 0 Å². The first kappa shape index (κ1) is 10.0. The molecule has 70 valence electrons. The van der Waals surface area contributed by atoms with Crippen LogP contribution in [0.15, 0.2) is 0 Å². The summed E-state index contributed by atoms with van der Waals surface area (Å²) in [6.07, 6.45) is 6.98. The van der Waals surface area contributed by atoms with E-state index in [1.807, 2.05) is 6.92 Å². The Morgan fingerprint density at radius 2 is 2.38 bits per heavy atom. The van der Waals surface area contributed by atoms with Crippen molar-refractivity contribution in [3.63, 3.8) is 0 Å². The van der Waals surface area contributed by atoms with E-state index in [-0.39, 0.29) is 0 Å². The van der Waals surface area contributed by atoms with Gasteiger partial charge in [-0.3, -0.25) is 0 Å². The number of terminal acetylenes is 1. The maximum Gasteiger partial charge on any atom is 0.205 e. The molecule has 1 aromatic heterocycles. The lowest BCUT2D eigenvalue weighted by atomic mass is 10.2. The highest BCUT2D eigenvalue weighted by molar-refractivity contribution is 7.15. The third-order valence-electron chi connectivity index (χ3n) is 1.71. The summed E-state index contributed by atoms with van der Waals surface area (Å²) in [5, 5.41) is 13.0. The highest BCUT2D eigenvalue weighted by atomic mass is 32.1. The molecule has 0 fully saturated rings. The molecule has 0 aromatic carbocycles. The van der Waals surface area contributed by atoms with E-state index in [0.29, 0.717) is 6.04 Å². The van der Waals surface area contributed by atoms with E-state index in [2.05, 4.69) is 28.4 Å². The van der Waals surface area contributed by atoms with Gasteiger partial charge in [0.25, 0.3) is 0 Å². The second-order valence-electron chi connectivity index (χ2n) is 2.78. The smallest absolute Gasteiger partial charge is 0.205 e. The molecular weight excluding hydrogens is 182 g/mol. The lowest BCUT2D eigenvalue weighted by Crippen LogP contribution is -2.17. The lowest BCUT2D eigenvalue weighted by molar-refractivity contribution is 0.712. The average molecular weight is 195 g/mol. The summed E-state index contributed by atoms with van der Waals surface area (Å²) in [6.45, 7) is 4.04. The maximum absolute atomic E-state index is 5.24. The van der Waals surface area contributed by atoms with Crippen molar-refractivity contribution >= 4 is 16.5 Å². The molecule has 0 aliphatic heterocycles. The Hall–Kier alpha value is -1.08. The largest absolute Gasteiger partial charge is 0.356 e. The van der Waals surface area contributed by atoms with Crippen molar-refractivity contribution in [3.8, 4) is 12.3 Å². The van der Waals surface area contributed by atoms with Gasteiger partial charge >= 0.3 is 0 Å². The van der Waals surface area contributed by atoms with Gasteiger partial charge in [0.15, 0.2) is 0 Å². The van der Waals surface area contributed by atoms with E-state index in [0.717, 1.165) is 23.0 Å². The fraction of sp³-hybridized carbons (Fsp3) is 0.556. The second kappa shape index (κ2) is 4.83. The minimum absolute atomic E-state index is 0.317. The van der Waals surface area contributed by atoms with Crippen molar-refractivity contribution in [3.05, 3.63) is 5.01 Å². The second-order valence-corrected chi connectivity index (χ2v) is 3.97. The van der Waals surface area contributed by atoms with Gasteiger partial charge in [0.1, 0.15) is 5.01 Å². The number of nitrogens with one attached hydrogen (secondary N) is 1. The summed E-state index contributed by atoms with van der Waals surface area (Å²) in [5.74, 6) is 2.64. The Morgan fingerprint density at radius 1 is 1.62 bits per heavy atom. The Balaban J connectivity index is 2.52. The van der Waals surface area contributed by atoms with Gasteiger partial charge in [-0.25, -0.2) is 0 Å². The SMILES string of the molecule is C#CCC(CC)Nc1nnc(C)s1. The molecule has 1 unspecified atom stereocenters. The molecule has 0 saturated carbocycles. The predicted molar refractivity (Wildman–Crippen MR) is 55.8 cm³/mol. The van der Waals surface area contributed by atoms with Crippen molar-refractivity contribution in [2.45, 2.75) is 32.7 Å². The van der Waals surface area contributed by atoms with Crippen LogP contribution in [0.2, 0.25) is 0 Å². The van der Waals surface area contributed by atoms with Crippen LogP contribution in [0.5, 0.6) is 0 Å². The van der Waals surface area contributed by atoms with Crippen molar-refractivity contribution < 1.29 is 0 Å². The molecule has 1 atom stereocenters. The number of nitrogens with zero attached hydrogens (tertiary/aromatic N) is 2. The molecule has 4 heteroatoms. The third-order valence-corrected chi connectivity index (χ3v) is 2.48. The summed E-state index contributed by atoms with van der Waals surface area (Å²) >= 11 is 1.56. The Kier molecular flexibility index (Phi) is 3.71. The summed E-state index contributed by atoms with van der Waals surface area (Å²) in [5.41, 5.74) is 0. The van der Waals surface area contributed by atoms with Crippen molar-refractivity contribution in [2.24, 2.45) is 0 Å². The topological polar surface area (TPSA) is 37.8 Å². The Bertz CT molecular complexity index is 300. The molecule has 1 aromatic rings. The summed E-state index contributed by atoms with van der Waals surface area (Å²) in [4.78, 5) is 0. The van der Waals surface area contributed by atoms with Crippen molar-refractivity contribution in [1.82, 2.24) is 10.2 Å². The first-order valence-electron chi connectivity index (χ1n) is 4.26. The number of aryl methyl sites for hydroxylation is 1. The zero-order valence-corrected chi connectivity index (χ0v) is 8.69. The number of hydrogen-bond acceptors (Lipinski definition) is 4. The van der Waals surface area contributed by atoms with Gasteiger partial charge in [-0.1, -0.05) is 18.3 Å². The third kappa shape index (κ3) is 3.03. The zero-order valence-electron chi connectivity index (χ0n) is 7.87. The average Bonchev–Trinajstić information content (AvgIpc) is 2.50. The van der Waals surface area contributed by atoms with Gasteiger partial charge in [0, 0.05) is 12.5 Å². The molecular formula is C9H13N3S. The number of anilines is 1. The van der Waals surface area contributed by atoms with Crippen LogP contribution in [-0.2, 0) is 0 Å². The van der Waals surface area contributed by atoms with Gasteiger partial charge < -0.3 is 5.32 Å². The van der Waals surface area contributed by atoms with Crippen LogP contribution in [0, 0.1) is 19.3 Å². The highest BCUT2D eigenvalue weighted by Crippen LogP contribution is 2.16. The molecule has 1 rings (SSSR count). The Morgan fingerprint density at radius 3 is 2.85 bits per heavy atom. The van der Waals surface area contributed by atoms with Gasteiger partial charge in [-0.05, 0) is 13.3 Å². The van der Waals surface area contributed by atoms with Gasteiger partial charge in [0.05, 0.1) is 0 Å². The molecule has 13 heavy (non-hydrogen) atoms. The number of rotatable bonds is 4. The van der Waals surface area contributed by atoms with E-state index in [9.17, 15) is 0 Å². The van der Waals surface area contributed by atoms with Crippen LogP contribution in [-0.4, -0.2) is 16.2 Å². The summed E-state index contributed by atoms with van der Waals surface area (Å²) in [7, 11) is 0. The van der Waals surface area contributed by atoms with Crippen LogP contribution in [0.1, 0.15) is 24.8 Å². The Labute approximate surface area is 82.6 Å². The lowest BCUT2D eigenvalue weighted by Gasteiger charge is -2.11. The highest BCUT2D eigenvalue weighted by Gasteiger charge is 2.06.